The van der Waals surface area contributed by atoms with Crippen LogP contribution >= 0.6 is 0 Å². The zero-order valence-electron chi connectivity index (χ0n) is 17.8. The van der Waals surface area contributed by atoms with Gasteiger partial charge in [-0.1, -0.05) is 44.2 Å². The van der Waals surface area contributed by atoms with Crippen molar-refractivity contribution in [1.82, 2.24) is 5.32 Å². The summed E-state index contributed by atoms with van der Waals surface area (Å²) in [5.74, 6) is -1.73. The van der Waals surface area contributed by atoms with E-state index in [4.69, 9.17) is 4.74 Å². The van der Waals surface area contributed by atoms with Crippen LogP contribution in [0.3, 0.4) is 0 Å². The number of esters is 1. The minimum Gasteiger partial charge on any atom is -0.452 e. The molecule has 0 saturated heterocycles. The van der Waals surface area contributed by atoms with Crippen molar-refractivity contribution >= 4 is 29.4 Å². The maximum absolute atomic E-state index is 12.6. The summed E-state index contributed by atoms with van der Waals surface area (Å²) in [6.07, 6.45) is 7.76. The van der Waals surface area contributed by atoms with Crippen molar-refractivity contribution in [2.24, 2.45) is 0 Å². The molecular formula is C25H26N2O5. The highest BCUT2D eigenvalue weighted by atomic mass is 16.5. The molecule has 2 aromatic carbocycles. The molecule has 0 spiro atoms. The average Bonchev–Trinajstić information content (AvgIpc) is 3.04. The number of imide groups is 1. The molecule has 3 amide bonds. The van der Waals surface area contributed by atoms with E-state index in [1.165, 1.54) is 43.5 Å². The second-order valence-corrected chi connectivity index (χ2v) is 8.22. The van der Waals surface area contributed by atoms with Gasteiger partial charge in [-0.15, -0.1) is 0 Å². The second-order valence-electron chi connectivity index (χ2n) is 8.22. The van der Waals surface area contributed by atoms with Crippen molar-refractivity contribution in [1.29, 1.82) is 0 Å². The predicted molar refractivity (Wildman–Crippen MR) is 119 cm³/mol. The summed E-state index contributed by atoms with van der Waals surface area (Å²) in [5, 5.41) is 2.96. The van der Waals surface area contributed by atoms with Crippen LogP contribution in [0.2, 0.25) is 0 Å². The van der Waals surface area contributed by atoms with Gasteiger partial charge in [-0.2, -0.15) is 0 Å². The van der Waals surface area contributed by atoms with Gasteiger partial charge in [0, 0.05) is 6.04 Å². The Kier molecular flexibility index (Phi) is 6.63. The van der Waals surface area contributed by atoms with Crippen LogP contribution in [0.1, 0.15) is 76.0 Å². The van der Waals surface area contributed by atoms with Crippen molar-refractivity contribution in [2.45, 2.75) is 51.0 Å². The van der Waals surface area contributed by atoms with E-state index in [2.05, 4.69) is 5.32 Å². The van der Waals surface area contributed by atoms with E-state index in [0.717, 1.165) is 30.6 Å². The number of fused-ring (bicyclic) bond motifs is 1. The number of benzene rings is 2. The fourth-order valence-electron chi connectivity index (χ4n) is 4.25. The average molecular weight is 434 g/mol. The van der Waals surface area contributed by atoms with Crippen molar-refractivity contribution in [2.75, 3.05) is 11.5 Å². The third-order valence-electron chi connectivity index (χ3n) is 5.96. The van der Waals surface area contributed by atoms with Crippen molar-refractivity contribution in [3.05, 3.63) is 65.2 Å². The lowest BCUT2D eigenvalue weighted by Crippen LogP contribution is -2.38. The summed E-state index contributed by atoms with van der Waals surface area (Å²) in [4.78, 5) is 50.8. The molecule has 1 saturated carbocycles. The molecule has 0 bridgehead atoms. The fraction of sp³-hybridized carbons (Fsp3) is 0.360. The number of hydrogen-bond acceptors (Lipinski definition) is 5. The van der Waals surface area contributed by atoms with E-state index in [1.807, 2.05) is 0 Å². The molecule has 1 aliphatic heterocycles. The highest BCUT2D eigenvalue weighted by molar-refractivity contribution is 6.34. The molecule has 2 aliphatic rings. The first-order valence-corrected chi connectivity index (χ1v) is 11.1. The minimum absolute atomic E-state index is 0.139. The number of nitrogens with zero attached hydrogens (tertiary/aromatic N) is 1. The Balaban J connectivity index is 1.32. The molecule has 0 aromatic heterocycles. The molecule has 0 atom stereocenters. The molecule has 166 valence electrons. The molecule has 1 aliphatic carbocycles. The normalized spacial score (nSPS) is 16.8. The second kappa shape index (κ2) is 9.77. The lowest BCUT2D eigenvalue weighted by atomic mass is 9.97. The Bertz CT molecular complexity index is 988. The molecule has 2 aromatic rings. The first-order chi connectivity index (χ1) is 15.5. The zero-order valence-corrected chi connectivity index (χ0v) is 17.8. The fourth-order valence-corrected chi connectivity index (χ4v) is 4.25. The monoisotopic (exact) mass is 434 g/mol. The Hall–Kier alpha value is -3.48. The summed E-state index contributed by atoms with van der Waals surface area (Å²) >= 11 is 0. The molecule has 4 rings (SSSR count). The van der Waals surface area contributed by atoms with Crippen molar-refractivity contribution in [3.63, 3.8) is 0 Å². The van der Waals surface area contributed by atoms with Gasteiger partial charge >= 0.3 is 5.97 Å². The standard InChI is InChI=1S/C25H26N2O5/c28-22(26-18-8-4-2-1-3-5-9-18)16-32-25(31)17-12-14-19(15-13-17)27-23(29)20-10-6-7-11-21(20)24(27)30/h6-7,10-15,18H,1-5,8-9,16H2,(H,26,28). The summed E-state index contributed by atoms with van der Waals surface area (Å²) in [7, 11) is 0. The first-order valence-electron chi connectivity index (χ1n) is 11.1. The van der Waals surface area contributed by atoms with Gasteiger partial charge in [0.1, 0.15) is 0 Å². The molecular weight excluding hydrogens is 408 g/mol. The van der Waals surface area contributed by atoms with E-state index in [1.54, 1.807) is 24.3 Å². The summed E-state index contributed by atoms with van der Waals surface area (Å²) in [6.45, 7) is -0.338. The van der Waals surface area contributed by atoms with Gasteiger partial charge in [-0.3, -0.25) is 14.4 Å². The number of carbonyl (C=O) groups excluding carboxylic acids is 4. The summed E-state index contributed by atoms with van der Waals surface area (Å²) in [5.41, 5.74) is 1.33. The number of nitrogens with one attached hydrogen (secondary N) is 1. The predicted octanol–water partition coefficient (Wildman–Crippen LogP) is 3.87. The topological polar surface area (TPSA) is 92.8 Å². The lowest BCUT2D eigenvalue weighted by Gasteiger charge is -2.20. The van der Waals surface area contributed by atoms with Gasteiger partial charge in [-0.25, -0.2) is 9.69 Å². The van der Waals surface area contributed by atoms with Crippen LogP contribution in [0.25, 0.3) is 0 Å². The van der Waals surface area contributed by atoms with Gasteiger partial charge < -0.3 is 10.1 Å². The van der Waals surface area contributed by atoms with Gasteiger partial charge in [-0.05, 0) is 49.2 Å². The minimum atomic E-state index is -0.633. The molecule has 1 fully saturated rings. The molecule has 32 heavy (non-hydrogen) atoms. The van der Waals surface area contributed by atoms with E-state index in [0.29, 0.717) is 16.8 Å². The van der Waals surface area contributed by atoms with Crippen LogP contribution in [-0.4, -0.2) is 36.3 Å². The molecule has 7 heteroatoms. The van der Waals surface area contributed by atoms with E-state index >= 15 is 0 Å². The number of anilines is 1. The van der Waals surface area contributed by atoms with Crippen LogP contribution < -0.4 is 10.2 Å². The van der Waals surface area contributed by atoms with Gasteiger partial charge in [0.15, 0.2) is 6.61 Å². The van der Waals surface area contributed by atoms with Gasteiger partial charge in [0.25, 0.3) is 17.7 Å². The Labute approximate surface area is 186 Å². The highest BCUT2D eigenvalue weighted by Gasteiger charge is 2.36. The zero-order chi connectivity index (χ0) is 22.5. The van der Waals surface area contributed by atoms with Gasteiger partial charge in [0.2, 0.25) is 0 Å². The summed E-state index contributed by atoms with van der Waals surface area (Å²) in [6, 6.07) is 12.8. The lowest BCUT2D eigenvalue weighted by molar-refractivity contribution is -0.125. The van der Waals surface area contributed by atoms with Crippen LogP contribution in [-0.2, 0) is 9.53 Å². The Morgan fingerprint density at radius 3 is 2.00 bits per heavy atom. The number of hydrogen-bond donors (Lipinski definition) is 1. The highest BCUT2D eigenvalue weighted by Crippen LogP contribution is 2.28. The summed E-state index contributed by atoms with van der Waals surface area (Å²) < 4.78 is 5.15. The van der Waals surface area contributed by atoms with E-state index < -0.39 is 17.8 Å². The largest absolute Gasteiger partial charge is 0.452 e. The Morgan fingerprint density at radius 1 is 0.844 bits per heavy atom. The van der Waals surface area contributed by atoms with Crippen molar-refractivity contribution < 1.29 is 23.9 Å². The molecule has 1 heterocycles. The van der Waals surface area contributed by atoms with Crippen LogP contribution in [0.4, 0.5) is 5.69 Å². The van der Waals surface area contributed by atoms with Crippen LogP contribution in [0, 0.1) is 0 Å². The van der Waals surface area contributed by atoms with E-state index in [9.17, 15) is 19.2 Å². The van der Waals surface area contributed by atoms with Crippen molar-refractivity contribution in [3.8, 4) is 0 Å². The van der Waals surface area contributed by atoms with Gasteiger partial charge in [0.05, 0.1) is 22.4 Å². The third-order valence-corrected chi connectivity index (χ3v) is 5.96. The number of carbonyl (C=O) groups is 4. The number of ether oxygens (including phenoxy) is 1. The third kappa shape index (κ3) is 4.72. The molecule has 7 nitrogen and oxygen atoms in total. The van der Waals surface area contributed by atoms with Crippen LogP contribution in [0.15, 0.2) is 48.5 Å². The van der Waals surface area contributed by atoms with E-state index in [-0.39, 0.29) is 24.1 Å². The van der Waals surface area contributed by atoms with Crippen LogP contribution in [0.5, 0.6) is 0 Å². The number of amides is 3. The molecule has 0 unspecified atom stereocenters. The molecule has 0 radical (unpaired) electrons. The maximum Gasteiger partial charge on any atom is 0.338 e. The Morgan fingerprint density at radius 2 is 1.41 bits per heavy atom. The molecule has 1 N–H and O–H groups in total. The maximum atomic E-state index is 12.6. The first kappa shape index (κ1) is 21.7. The smallest absolute Gasteiger partial charge is 0.338 e. The number of rotatable bonds is 5. The SMILES string of the molecule is O=C(COC(=O)c1ccc(N2C(=O)c3ccccc3C2=O)cc1)NC1CCCCCCC1. The quantitative estimate of drug-likeness (QED) is 0.570.